The Hall–Kier alpha value is -0.980. The largest absolute Gasteiger partial charge is 0.382 e. The van der Waals surface area contributed by atoms with Gasteiger partial charge in [-0.2, -0.15) is 0 Å². The van der Waals surface area contributed by atoms with Gasteiger partial charge in [0.1, 0.15) is 0 Å². The van der Waals surface area contributed by atoms with Crippen LogP contribution in [-0.2, 0) is 0 Å². The van der Waals surface area contributed by atoms with Gasteiger partial charge in [-0.25, -0.2) is 0 Å². The molecule has 0 bridgehead atoms. The maximum Gasteiger partial charge on any atom is 0.0342 e. The first-order valence-corrected chi connectivity index (χ1v) is 5.68. The van der Waals surface area contributed by atoms with E-state index in [1.807, 2.05) is 0 Å². The predicted octanol–water partition coefficient (Wildman–Crippen LogP) is 3.68. The van der Waals surface area contributed by atoms with Crippen LogP contribution in [0.5, 0.6) is 0 Å². The lowest BCUT2D eigenvalue weighted by Gasteiger charge is -2.30. The van der Waals surface area contributed by atoms with Crippen LogP contribution in [0.3, 0.4) is 0 Å². The van der Waals surface area contributed by atoms with E-state index in [2.05, 4.69) is 42.6 Å². The fourth-order valence-electron chi connectivity index (χ4n) is 2.28. The van der Waals surface area contributed by atoms with Gasteiger partial charge < -0.3 is 5.32 Å². The van der Waals surface area contributed by atoms with Gasteiger partial charge in [0.15, 0.2) is 0 Å². The smallest absolute Gasteiger partial charge is 0.0342 e. The topological polar surface area (TPSA) is 12.0 Å². The van der Waals surface area contributed by atoms with Crippen LogP contribution in [0.25, 0.3) is 0 Å². The minimum atomic E-state index is 0.686. The fourth-order valence-corrected chi connectivity index (χ4v) is 2.28. The highest BCUT2D eigenvalue weighted by Gasteiger charge is 2.20. The number of hydrogen-bond acceptors (Lipinski definition) is 1. The molecule has 2 unspecified atom stereocenters. The zero-order valence-electron chi connectivity index (χ0n) is 8.87. The van der Waals surface area contributed by atoms with Gasteiger partial charge in [-0.05, 0) is 30.9 Å². The molecule has 0 spiro atoms. The van der Waals surface area contributed by atoms with Crippen LogP contribution in [-0.4, -0.2) is 6.04 Å². The summed E-state index contributed by atoms with van der Waals surface area (Å²) in [6, 6.07) is 11.2. The van der Waals surface area contributed by atoms with Gasteiger partial charge in [0, 0.05) is 11.7 Å². The summed E-state index contributed by atoms with van der Waals surface area (Å²) in [6.07, 6.45) is 5.50. The molecule has 1 saturated carbocycles. The highest BCUT2D eigenvalue weighted by molar-refractivity contribution is 5.43. The lowest BCUT2D eigenvalue weighted by atomic mass is 9.86. The average molecular weight is 189 g/mol. The molecule has 1 aromatic rings. The van der Waals surface area contributed by atoms with E-state index in [1.165, 1.54) is 31.4 Å². The average Bonchev–Trinajstić information content (AvgIpc) is 2.23. The predicted molar refractivity (Wildman–Crippen MR) is 61.5 cm³/mol. The molecule has 1 fully saturated rings. The molecule has 1 aliphatic carbocycles. The van der Waals surface area contributed by atoms with Crippen molar-refractivity contribution in [3.8, 4) is 0 Å². The van der Waals surface area contributed by atoms with E-state index in [4.69, 9.17) is 0 Å². The van der Waals surface area contributed by atoms with E-state index >= 15 is 0 Å². The maximum atomic E-state index is 3.63. The Morgan fingerprint density at radius 3 is 2.50 bits per heavy atom. The number of nitrogens with one attached hydrogen (secondary N) is 1. The summed E-state index contributed by atoms with van der Waals surface area (Å²) < 4.78 is 0. The quantitative estimate of drug-likeness (QED) is 0.748. The minimum Gasteiger partial charge on any atom is -0.382 e. The summed E-state index contributed by atoms with van der Waals surface area (Å²) in [5.41, 5.74) is 1.27. The molecule has 0 aliphatic heterocycles. The first-order chi connectivity index (χ1) is 6.86. The van der Waals surface area contributed by atoms with Gasteiger partial charge in [-0.3, -0.25) is 0 Å². The van der Waals surface area contributed by atoms with Gasteiger partial charge in [-0.1, -0.05) is 38.0 Å². The standard InChI is InChI=1S/C13H19N/c1-11-7-5-6-10-13(11)14-12-8-3-2-4-9-12/h2-4,8-9,11,13-14H,5-7,10H2,1H3. The van der Waals surface area contributed by atoms with Crippen molar-refractivity contribution < 1.29 is 0 Å². The van der Waals surface area contributed by atoms with Gasteiger partial charge in [0.25, 0.3) is 0 Å². The van der Waals surface area contributed by atoms with Gasteiger partial charge in [0.05, 0.1) is 0 Å². The molecule has 1 aliphatic rings. The summed E-state index contributed by atoms with van der Waals surface area (Å²) in [5, 5.41) is 3.63. The highest BCUT2D eigenvalue weighted by Crippen LogP contribution is 2.26. The molecule has 2 rings (SSSR count). The third kappa shape index (κ3) is 2.28. The third-order valence-corrected chi connectivity index (χ3v) is 3.24. The third-order valence-electron chi connectivity index (χ3n) is 3.24. The van der Waals surface area contributed by atoms with E-state index in [0.717, 1.165) is 5.92 Å². The molecular formula is C13H19N. The van der Waals surface area contributed by atoms with Crippen LogP contribution in [0.2, 0.25) is 0 Å². The van der Waals surface area contributed by atoms with E-state index < -0.39 is 0 Å². The van der Waals surface area contributed by atoms with Crippen molar-refractivity contribution in [2.45, 2.75) is 38.6 Å². The first-order valence-electron chi connectivity index (χ1n) is 5.68. The molecule has 0 heterocycles. The summed E-state index contributed by atoms with van der Waals surface area (Å²) in [4.78, 5) is 0. The molecule has 0 saturated heterocycles. The van der Waals surface area contributed by atoms with Crippen molar-refractivity contribution in [2.75, 3.05) is 5.32 Å². The number of rotatable bonds is 2. The molecule has 0 aromatic heterocycles. The monoisotopic (exact) mass is 189 g/mol. The molecule has 2 atom stereocenters. The number of benzene rings is 1. The van der Waals surface area contributed by atoms with Crippen LogP contribution >= 0.6 is 0 Å². The summed E-state index contributed by atoms with van der Waals surface area (Å²) >= 11 is 0. The molecule has 1 aromatic carbocycles. The second kappa shape index (κ2) is 4.50. The van der Waals surface area contributed by atoms with Crippen molar-refractivity contribution in [1.82, 2.24) is 0 Å². The summed E-state index contributed by atoms with van der Waals surface area (Å²) in [6.45, 7) is 2.36. The molecule has 0 radical (unpaired) electrons. The highest BCUT2D eigenvalue weighted by atomic mass is 14.9. The zero-order chi connectivity index (χ0) is 9.80. The van der Waals surface area contributed by atoms with E-state index in [-0.39, 0.29) is 0 Å². The number of para-hydroxylation sites is 1. The SMILES string of the molecule is CC1CCCCC1Nc1ccccc1. The van der Waals surface area contributed by atoms with Crippen molar-refractivity contribution in [2.24, 2.45) is 5.92 Å². The lowest BCUT2D eigenvalue weighted by molar-refractivity contribution is 0.349. The van der Waals surface area contributed by atoms with Crippen LogP contribution in [0.15, 0.2) is 30.3 Å². The van der Waals surface area contributed by atoms with E-state index in [1.54, 1.807) is 0 Å². The summed E-state index contributed by atoms with van der Waals surface area (Å²) in [7, 11) is 0. The Morgan fingerprint density at radius 2 is 1.79 bits per heavy atom. The molecule has 1 N–H and O–H groups in total. The van der Waals surface area contributed by atoms with Gasteiger partial charge in [0.2, 0.25) is 0 Å². The Labute approximate surface area is 86.5 Å². The van der Waals surface area contributed by atoms with E-state index in [0.29, 0.717) is 6.04 Å². The molecule has 76 valence electrons. The molecule has 1 nitrogen and oxygen atoms in total. The second-order valence-electron chi connectivity index (χ2n) is 4.38. The van der Waals surface area contributed by atoms with Crippen LogP contribution in [0, 0.1) is 5.92 Å². The maximum absolute atomic E-state index is 3.63. The Bertz CT molecular complexity index is 268. The lowest BCUT2D eigenvalue weighted by Crippen LogP contribution is -2.30. The van der Waals surface area contributed by atoms with E-state index in [9.17, 15) is 0 Å². The second-order valence-corrected chi connectivity index (χ2v) is 4.38. The Balaban J connectivity index is 1.96. The van der Waals surface area contributed by atoms with Crippen molar-refractivity contribution in [3.05, 3.63) is 30.3 Å². The number of hydrogen-bond donors (Lipinski definition) is 1. The first kappa shape index (κ1) is 9.57. The Morgan fingerprint density at radius 1 is 1.07 bits per heavy atom. The van der Waals surface area contributed by atoms with Crippen LogP contribution < -0.4 is 5.32 Å². The molecule has 14 heavy (non-hydrogen) atoms. The van der Waals surface area contributed by atoms with Gasteiger partial charge >= 0.3 is 0 Å². The Kier molecular flexibility index (Phi) is 3.07. The molecule has 0 amide bonds. The normalized spacial score (nSPS) is 27.2. The van der Waals surface area contributed by atoms with Crippen molar-refractivity contribution in [3.63, 3.8) is 0 Å². The van der Waals surface area contributed by atoms with Crippen molar-refractivity contribution >= 4 is 5.69 Å². The molecular weight excluding hydrogens is 170 g/mol. The minimum absolute atomic E-state index is 0.686. The van der Waals surface area contributed by atoms with Gasteiger partial charge in [-0.15, -0.1) is 0 Å². The van der Waals surface area contributed by atoms with Crippen LogP contribution in [0.1, 0.15) is 32.6 Å². The fraction of sp³-hybridized carbons (Fsp3) is 0.538. The molecule has 1 heteroatoms. The summed E-state index contributed by atoms with van der Waals surface area (Å²) in [5.74, 6) is 0.823. The van der Waals surface area contributed by atoms with Crippen molar-refractivity contribution in [1.29, 1.82) is 0 Å². The zero-order valence-corrected chi connectivity index (χ0v) is 8.87. The van der Waals surface area contributed by atoms with Crippen LogP contribution in [0.4, 0.5) is 5.69 Å². The number of anilines is 1.